The highest BCUT2D eigenvalue weighted by Crippen LogP contribution is 2.30. The number of methoxy groups -OCH3 is 1. The lowest BCUT2D eigenvalue weighted by Gasteiger charge is -2.32. The third-order valence-corrected chi connectivity index (χ3v) is 7.19. The molecule has 194 valence electrons. The number of piperidine rings is 1. The number of aromatic nitrogens is 3. The average molecular weight is 497 g/mol. The number of hydrogen-bond donors (Lipinski definition) is 4. The van der Waals surface area contributed by atoms with Gasteiger partial charge in [0, 0.05) is 42.5 Å². The fourth-order valence-electron chi connectivity index (χ4n) is 5.15. The highest BCUT2D eigenvalue weighted by molar-refractivity contribution is 5.89. The minimum atomic E-state index is -0.635. The van der Waals surface area contributed by atoms with E-state index in [2.05, 4.69) is 25.5 Å². The lowest BCUT2D eigenvalue weighted by molar-refractivity contribution is -0.134. The highest BCUT2D eigenvalue weighted by atomic mass is 16.5. The number of carbonyl (C=O) groups is 2. The summed E-state index contributed by atoms with van der Waals surface area (Å²) in [4.78, 5) is 35.9. The van der Waals surface area contributed by atoms with E-state index in [0.29, 0.717) is 19.0 Å². The number of likely N-dealkylation sites (tertiary alicyclic amines) is 1. The molecule has 2 aliphatic rings. The van der Waals surface area contributed by atoms with E-state index >= 15 is 0 Å². The van der Waals surface area contributed by atoms with Crippen LogP contribution in [0, 0.1) is 5.92 Å². The molecular formula is C25H36N8O3. The summed E-state index contributed by atoms with van der Waals surface area (Å²) in [6, 6.07) is 5.14. The second-order valence-corrected chi connectivity index (χ2v) is 9.57. The van der Waals surface area contributed by atoms with Gasteiger partial charge in [-0.05, 0) is 43.7 Å². The molecule has 1 aliphatic heterocycles. The van der Waals surface area contributed by atoms with Crippen LogP contribution < -0.4 is 21.5 Å². The smallest absolute Gasteiger partial charge is 0.245 e. The third-order valence-electron chi connectivity index (χ3n) is 7.19. The lowest BCUT2D eigenvalue weighted by Crippen LogP contribution is -2.47. The van der Waals surface area contributed by atoms with Gasteiger partial charge < -0.3 is 26.4 Å². The first-order chi connectivity index (χ1) is 17.4. The number of aliphatic imine (C=N–C) groups is 1. The largest absolute Gasteiger partial charge is 0.481 e. The van der Waals surface area contributed by atoms with E-state index in [4.69, 9.17) is 16.2 Å². The molecule has 3 heterocycles. The van der Waals surface area contributed by atoms with Crippen LogP contribution >= 0.6 is 0 Å². The lowest BCUT2D eigenvalue weighted by atomic mass is 9.83. The third kappa shape index (κ3) is 6.32. The summed E-state index contributed by atoms with van der Waals surface area (Å²) in [5.41, 5.74) is 13.9. The summed E-state index contributed by atoms with van der Waals surface area (Å²) in [5.74, 6) is 0.483. The first-order valence-corrected chi connectivity index (χ1v) is 12.6. The summed E-state index contributed by atoms with van der Waals surface area (Å²) in [6.45, 7) is 1.20. The van der Waals surface area contributed by atoms with E-state index in [9.17, 15) is 9.59 Å². The van der Waals surface area contributed by atoms with Crippen LogP contribution in [0.3, 0.4) is 0 Å². The number of nitrogens with two attached hydrogens (primary N) is 2. The summed E-state index contributed by atoms with van der Waals surface area (Å²) < 4.78 is 5.11. The molecule has 0 unspecified atom stereocenters. The molecule has 11 heteroatoms. The predicted octanol–water partition coefficient (Wildman–Crippen LogP) is 1.52. The maximum Gasteiger partial charge on any atom is 0.245 e. The number of aromatic amines is 1. The molecule has 2 aromatic heterocycles. The monoisotopic (exact) mass is 496 g/mol. The molecule has 0 spiro atoms. The van der Waals surface area contributed by atoms with Crippen LogP contribution in [-0.2, 0) is 9.59 Å². The van der Waals surface area contributed by atoms with Gasteiger partial charge in [-0.15, -0.1) is 0 Å². The maximum atomic E-state index is 12.8. The van der Waals surface area contributed by atoms with Gasteiger partial charge in [-0.2, -0.15) is 5.10 Å². The van der Waals surface area contributed by atoms with Crippen molar-refractivity contribution < 1.29 is 14.3 Å². The van der Waals surface area contributed by atoms with Crippen LogP contribution in [0.1, 0.15) is 56.6 Å². The van der Waals surface area contributed by atoms with Crippen molar-refractivity contribution in [2.45, 2.75) is 56.9 Å². The fraction of sp³-hybridized carbons (Fsp3) is 0.560. The molecule has 0 radical (unpaired) electrons. The van der Waals surface area contributed by atoms with E-state index < -0.39 is 6.04 Å². The molecule has 0 aromatic carbocycles. The van der Waals surface area contributed by atoms with Crippen LogP contribution in [0.25, 0.3) is 11.3 Å². The number of nitrogens with one attached hydrogen (secondary N) is 2. The molecule has 36 heavy (non-hydrogen) atoms. The number of hydrogen-bond acceptors (Lipinski definition) is 6. The van der Waals surface area contributed by atoms with Crippen molar-refractivity contribution in [1.82, 2.24) is 25.4 Å². The second-order valence-electron chi connectivity index (χ2n) is 9.57. The van der Waals surface area contributed by atoms with Crippen LogP contribution in [-0.4, -0.2) is 70.6 Å². The molecule has 6 N–H and O–H groups in total. The van der Waals surface area contributed by atoms with Crippen molar-refractivity contribution in [3.63, 3.8) is 0 Å². The Labute approximate surface area is 211 Å². The number of carbonyl (C=O) groups excluding carboxylic acids is 2. The van der Waals surface area contributed by atoms with Gasteiger partial charge in [0.2, 0.25) is 17.7 Å². The Kier molecular flexibility index (Phi) is 8.40. The van der Waals surface area contributed by atoms with Gasteiger partial charge in [0.05, 0.1) is 19.3 Å². The number of guanidine groups is 1. The number of pyridine rings is 1. The number of ether oxygens (including phenoxy) is 1. The Morgan fingerprint density at radius 2 is 1.94 bits per heavy atom. The second kappa shape index (κ2) is 11.9. The number of rotatable bonds is 8. The van der Waals surface area contributed by atoms with Crippen molar-refractivity contribution in [3.8, 4) is 17.1 Å². The summed E-state index contributed by atoms with van der Waals surface area (Å²) >= 11 is 0. The van der Waals surface area contributed by atoms with E-state index in [1.807, 2.05) is 12.1 Å². The van der Waals surface area contributed by atoms with Crippen molar-refractivity contribution >= 4 is 17.8 Å². The van der Waals surface area contributed by atoms with Crippen molar-refractivity contribution in [2.24, 2.45) is 22.4 Å². The van der Waals surface area contributed by atoms with Gasteiger partial charge in [0.25, 0.3) is 0 Å². The van der Waals surface area contributed by atoms with Gasteiger partial charge in [0.15, 0.2) is 5.96 Å². The van der Waals surface area contributed by atoms with E-state index in [1.165, 1.54) is 6.42 Å². The first kappa shape index (κ1) is 25.5. The summed E-state index contributed by atoms with van der Waals surface area (Å²) in [5, 5.41) is 10.4. The van der Waals surface area contributed by atoms with Gasteiger partial charge in [-0.3, -0.25) is 14.7 Å². The molecule has 0 bridgehead atoms. The van der Waals surface area contributed by atoms with E-state index in [0.717, 1.165) is 55.5 Å². The molecule has 1 saturated heterocycles. The van der Waals surface area contributed by atoms with Crippen molar-refractivity contribution in [3.05, 3.63) is 30.1 Å². The average Bonchev–Trinajstić information content (AvgIpc) is 3.41. The summed E-state index contributed by atoms with van der Waals surface area (Å²) in [6.07, 6.45) is 8.51. The van der Waals surface area contributed by atoms with E-state index in [1.54, 1.807) is 24.3 Å². The number of amides is 2. The number of nitrogens with zero attached hydrogens (tertiary/aromatic N) is 4. The van der Waals surface area contributed by atoms with Gasteiger partial charge in [-0.1, -0.05) is 19.3 Å². The molecule has 1 saturated carbocycles. The van der Waals surface area contributed by atoms with Gasteiger partial charge >= 0.3 is 0 Å². The number of H-pyrrole nitrogens is 1. The standard InChI is InChI=1S/C25H36N8O3/c1-36-21-8-7-18(14-28-21)20-13-19(31-32-20)16-9-11-33(12-10-16)22(34)15-29-24(35)23(30-25(26)27)17-5-3-2-4-6-17/h7-8,13-14,16-17,23H,2-6,9-12,15H2,1H3,(H,29,35)(H,31,32)(H4,26,27,30)/t23-/m1/s1. The molecule has 1 aliphatic carbocycles. The molecule has 2 fully saturated rings. The Bertz CT molecular complexity index is 1050. The highest BCUT2D eigenvalue weighted by Gasteiger charge is 2.31. The van der Waals surface area contributed by atoms with Crippen LogP contribution in [0.2, 0.25) is 0 Å². The van der Waals surface area contributed by atoms with Crippen LogP contribution in [0.15, 0.2) is 29.4 Å². The fourth-order valence-corrected chi connectivity index (χ4v) is 5.15. The summed E-state index contributed by atoms with van der Waals surface area (Å²) in [7, 11) is 1.58. The first-order valence-electron chi connectivity index (χ1n) is 12.6. The Balaban J connectivity index is 1.27. The normalized spacial score (nSPS) is 17.9. The molecular weight excluding hydrogens is 460 g/mol. The SMILES string of the molecule is COc1ccc(-c2cc(C3CCN(C(=O)CNC(=O)[C@H](N=C(N)N)C4CCCCC4)CC3)[nH]n2)cn1. The van der Waals surface area contributed by atoms with Crippen LogP contribution in [0.5, 0.6) is 5.88 Å². The van der Waals surface area contributed by atoms with Gasteiger partial charge in [-0.25, -0.2) is 9.98 Å². The van der Waals surface area contributed by atoms with Crippen LogP contribution in [0.4, 0.5) is 0 Å². The Morgan fingerprint density at radius 1 is 1.19 bits per heavy atom. The Morgan fingerprint density at radius 3 is 2.58 bits per heavy atom. The Hall–Kier alpha value is -3.63. The maximum absolute atomic E-state index is 12.8. The van der Waals surface area contributed by atoms with E-state index in [-0.39, 0.29) is 36.2 Å². The zero-order valence-electron chi connectivity index (χ0n) is 20.8. The van der Waals surface area contributed by atoms with Crippen molar-refractivity contribution in [2.75, 3.05) is 26.7 Å². The van der Waals surface area contributed by atoms with Gasteiger partial charge in [0.1, 0.15) is 6.04 Å². The zero-order chi connectivity index (χ0) is 25.5. The molecule has 2 amide bonds. The topological polar surface area (TPSA) is 165 Å². The predicted molar refractivity (Wildman–Crippen MR) is 136 cm³/mol. The molecule has 4 rings (SSSR count). The minimum absolute atomic E-state index is 0.0502. The van der Waals surface area contributed by atoms with Crippen molar-refractivity contribution in [1.29, 1.82) is 0 Å². The zero-order valence-corrected chi connectivity index (χ0v) is 20.8. The quantitative estimate of drug-likeness (QED) is 0.318. The molecule has 2 aromatic rings. The molecule has 11 nitrogen and oxygen atoms in total. The molecule has 1 atom stereocenters. The minimum Gasteiger partial charge on any atom is -0.481 e.